The van der Waals surface area contributed by atoms with Crippen molar-refractivity contribution in [3.05, 3.63) is 34.1 Å². The summed E-state index contributed by atoms with van der Waals surface area (Å²) in [6, 6.07) is 4.81. The van der Waals surface area contributed by atoms with Crippen LogP contribution in [0.2, 0.25) is 0 Å². The molecule has 0 saturated carbocycles. The van der Waals surface area contributed by atoms with Gasteiger partial charge in [0.15, 0.2) is 0 Å². The molecule has 0 aliphatic carbocycles. The van der Waals surface area contributed by atoms with Crippen molar-refractivity contribution in [2.45, 2.75) is 39.2 Å². The third kappa shape index (κ3) is 4.22. The molecule has 3 heteroatoms. The Hall–Kier alpha value is -0.410. The van der Waals surface area contributed by atoms with E-state index in [-0.39, 0.29) is 5.82 Å². The molecule has 1 N–H and O–H groups in total. The normalized spacial score (nSPS) is 15.2. The molecule has 0 heterocycles. The molecule has 1 nitrogen and oxygen atoms in total. The first-order chi connectivity index (χ1) is 7.30. The molecule has 0 bridgehead atoms. The van der Waals surface area contributed by atoms with Crippen LogP contribution in [0.4, 0.5) is 4.39 Å². The van der Waals surface area contributed by atoms with Crippen molar-refractivity contribution in [3.8, 4) is 0 Å². The fourth-order valence-corrected chi connectivity index (χ4v) is 2.45. The Bertz CT molecular complexity index is 361. The third-order valence-electron chi connectivity index (χ3n) is 2.43. The summed E-state index contributed by atoms with van der Waals surface area (Å²) in [6.07, 6.45) is 1.01. The minimum absolute atomic E-state index is 0.257. The quantitative estimate of drug-likeness (QED) is 0.890. The smallest absolute Gasteiger partial charge is 0.126 e. The van der Waals surface area contributed by atoms with E-state index < -0.39 is 5.60 Å². The second-order valence-corrected chi connectivity index (χ2v) is 5.92. The Morgan fingerprint density at radius 2 is 2.06 bits per heavy atom. The van der Waals surface area contributed by atoms with Crippen LogP contribution in [0.5, 0.6) is 0 Å². The van der Waals surface area contributed by atoms with E-state index in [9.17, 15) is 9.50 Å². The first-order valence-corrected chi connectivity index (χ1v) is 6.26. The van der Waals surface area contributed by atoms with Crippen LogP contribution in [0, 0.1) is 11.7 Å². The third-order valence-corrected chi connectivity index (χ3v) is 2.92. The summed E-state index contributed by atoms with van der Waals surface area (Å²) in [5, 5.41) is 10.2. The van der Waals surface area contributed by atoms with E-state index in [2.05, 4.69) is 15.9 Å². The van der Waals surface area contributed by atoms with Crippen molar-refractivity contribution in [3.63, 3.8) is 0 Å². The molecule has 0 aromatic heterocycles. The number of rotatable bonds is 4. The van der Waals surface area contributed by atoms with E-state index in [0.29, 0.717) is 24.3 Å². The minimum Gasteiger partial charge on any atom is -0.390 e. The van der Waals surface area contributed by atoms with Gasteiger partial charge in [-0.05, 0) is 43.0 Å². The highest BCUT2D eigenvalue weighted by Gasteiger charge is 2.23. The molecular weight excluding hydrogens is 271 g/mol. The molecule has 0 spiro atoms. The van der Waals surface area contributed by atoms with Crippen molar-refractivity contribution < 1.29 is 9.50 Å². The standard InChI is InChI=1S/C13H18BrFO/c1-9(2)7-13(3,16)8-10-6-11(14)4-5-12(10)15/h4-6,9,16H,7-8H2,1-3H3. The summed E-state index contributed by atoms with van der Waals surface area (Å²) in [7, 11) is 0. The zero-order chi connectivity index (χ0) is 12.3. The van der Waals surface area contributed by atoms with Gasteiger partial charge in [-0.2, -0.15) is 0 Å². The largest absolute Gasteiger partial charge is 0.390 e. The Morgan fingerprint density at radius 3 is 2.62 bits per heavy atom. The molecule has 0 radical (unpaired) electrons. The van der Waals surface area contributed by atoms with Crippen LogP contribution in [0.15, 0.2) is 22.7 Å². The first kappa shape index (κ1) is 13.7. The average Bonchev–Trinajstić information content (AvgIpc) is 2.08. The second-order valence-electron chi connectivity index (χ2n) is 5.01. The topological polar surface area (TPSA) is 20.2 Å². The van der Waals surface area contributed by atoms with E-state index in [4.69, 9.17) is 0 Å². The zero-order valence-corrected chi connectivity index (χ0v) is 11.5. The molecular formula is C13H18BrFO. The average molecular weight is 289 g/mol. The summed E-state index contributed by atoms with van der Waals surface area (Å²) in [4.78, 5) is 0. The lowest BCUT2D eigenvalue weighted by atomic mass is 9.88. The van der Waals surface area contributed by atoms with Gasteiger partial charge in [0.25, 0.3) is 0 Å². The fourth-order valence-electron chi connectivity index (χ4n) is 2.04. The van der Waals surface area contributed by atoms with E-state index in [0.717, 1.165) is 4.47 Å². The van der Waals surface area contributed by atoms with Crippen molar-refractivity contribution in [2.24, 2.45) is 5.92 Å². The highest BCUT2D eigenvalue weighted by molar-refractivity contribution is 9.10. The predicted molar refractivity (Wildman–Crippen MR) is 67.9 cm³/mol. The molecule has 1 aromatic rings. The Kier molecular flexibility index (Phi) is 4.51. The second kappa shape index (κ2) is 5.28. The van der Waals surface area contributed by atoms with Gasteiger partial charge in [0, 0.05) is 10.9 Å². The lowest BCUT2D eigenvalue weighted by molar-refractivity contribution is 0.0380. The summed E-state index contributed by atoms with van der Waals surface area (Å²) in [5.41, 5.74) is -0.296. The van der Waals surface area contributed by atoms with E-state index in [1.54, 1.807) is 19.1 Å². The molecule has 90 valence electrons. The first-order valence-electron chi connectivity index (χ1n) is 5.46. The summed E-state index contributed by atoms with van der Waals surface area (Å²) in [5.74, 6) is 0.137. The van der Waals surface area contributed by atoms with Gasteiger partial charge in [-0.3, -0.25) is 0 Å². The fraction of sp³-hybridized carbons (Fsp3) is 0.538. The van der Waals surface area contributed by atoms with Crippen LogP contribution in [0.1, 0.15) is 32.8 Å². The van der Waals surface area contributed by atoms with Gasteiger partial charge in [0.05, 0.1) is 5.60 Å². The molecule has 0 fully saturated rings. The van der Waals surface area contributed by atoms with E-state index in [1.165, 1.54) is 6.07 Å². The van der Waals surface area contributed by atoms with Gasteiger partial charge in [0.2, 0.25) is 0 Å². The molecule has 16 heavy (non-hydrogen) atoms. The van der Waals surface area contributed by atoms with Crippen LogP contribution in [-0.4, -0.2) is 10.7 Å². The summed E-state index contributed by atoms with van der Waals surface area (Å²) < 4.78 is 14.3. The minimum atomic E-state index is -0.851. The number of hydrogen-bond acceptors (Lipinski definition) is 1. The summed E-state index contributed by atoms with van der Waals surface area (Å²) in [6.45, 7) is 5.85. The summed E-state index contributed by atoms with van der Waals surface area (Å²) >= 11 is 3.31. The van der Waals surface area contributed by atoms with Gasteiger partial charge in [-0.1, -0.05) is 29.8 Å². The van der Waals surface area contributed by atoms with E-state index in [1.807, 2.05) is 13.8 Å². The molecule has 0 amide bonds. The molecule has 0 aliphatic rings. The maximum Gasteiger partial charge on any atom is 0.126 e. The molecule has 1 aromatic carbocycles. The van der Waals surface area contributed by atoms with Crippen LogP contribution >= 0.6 is 15.9 Å². The number of hydrogen-bond donors (Lipinski definition) is 1. The van der Waals surface area contributed by atoms with Crippen molar-refractivity contribution in [1.82, 2.24) is 0 Å². The Balaban J connectivity index is 2.82. The van der Waals surface area contributed by atoms with Crippen molar-refractivity contribution in [1.29, 1.82) is 0 Å². The molecule has 1 atom stereocenters. The van der Waals surface area contributed by atoms with Gasteiger partial charge >= 0.3 is 0 Å². The maximum atomic E-state index is 13.5. The maximum absolute atomic E-state index is 13.5. The van der Waals surface area contributed by atoms with Crippen LogP contribution < -0.4 is 0 Å². The lowest BCUT2D eigenvalue weighted by Crippen LogP contribution is -2.29. The molecule has 1 rings (SSSR count). The van der Waals surface area contributed by atoms with Gasteiger partial charge in [-0.25, -0.2) is 4.39 Å². The predicted octanol–water partition coefficient (Wildman–Crippen LogP) is 3.93. The van der Waals surface area contributed by atoms with Crippen LogP contribution in [0.3, 0.4) is 0 Å². The van der Waals surface area contributed by atoms with Crippen molar-refractivity contribution in [2.75, 3.05) is 0 Å². The van der Waals surface area contributed by atoms with Crippen LogP contribution in [-0.2, 0) is 6.42 Å². The van der Waals surface area contributed by atoms with Gasteiger partial charge < -0.3 is 5.11 Å². The van der Waals surface area contributed by atoms with Crippen molar-refractivity contribution >= 4 is 15.9 Å². The Labute approximate surface area is 105 Å². The van der Waals surface area contributed by atoms with E-state index >= 15 is 0 Å². The monoisotopic (exact) mass is 288 g/mol. The molecule has 0 saturated heterocycles. The Morgan fingerprint density at radius 1 is 1.44 bits per heavy atom. The lowest BCUT2D eigenvalue weighted by Gasteiger charge is -2.25. The SMILES string of the molecule is CC(C)CC(C)(O)Cc1cc(Br)ccc1F. The number of aliphatic hydroxyl groups is 1. The van der Waals surface area contributed by atoms with Crippen LogP contribution in [0.25, 0.3) is 0 Å². The molecule has 1 unspecified atom stereocenters. The number of benzene rings is 1. The van der Waals surface area contributed by atoms with Gasteiger partial charge in [-0.15, -0.1) is 0 Å². The zero-order valence-electron chi connectivity index (χ0n) is 9.93. The highest BCUT2D eigenvalue weighted by atomic mass is 79.9. The molecule has 0 aliphatic heterocycles. The number of halogens is 2. The highest BCUT2D eigenvalue weighted by Crippen LogP contribution is 2.24. The van der Waals surface area contributed by atoms with Gasteiger partial charge in [0.1, 0.15) is 5.82 Å².